The summed E-state index contributed by atoms with van der Waals surface area (Å²) >= 11 is 0. The van der Waals surface area contributed by atoms with Gasteiger partial charge in [0.1, 0.15) is 5.82 Å². The van der Waals surface area contributed by atoms with Crippen LogP contribution in [0.4, 0.5) is 10.1 Å². The fraction of sp³-hybridized carbons (Fsp3) is 0.529. The van der Waals surface area contributed by atoms with Gasteiger partial charge < -0.3 is 15.5 Å². The second-order valence-corrected chi connectivity index (χ2v) is 6.95. The molecule has 1 atom stereocenters. The fourth-order valence-electron chi connectivity index (χ4n) is 2.38. The molecule has 2 amide bonds. The zero-order valence-corrected chi connectivity index (χ0v) is 14.1. The van der Waals surface area contributed by atoms with Gasteiger partial charge in [0.05, 0.1) is 5.56 Å². The summed E-state index contributed by atoms with van der Waals surface area (Å²) in [5.41, 5.74) is -0.145. The standard InChI is InChI=1S/C17H24FN3O2/c1-11-10-19-7-8-21(11)15(22)13-9-12(5-6-14(13)18)20-16(23)17(2,3)4/h5-6,9,11,19H,7-8,10H2,1-4H3,(H,20,23)/t11-/m0/s1. The van der Waals surface area contributed by atoms with E-state index in [1.54, 1.807) is 25.7 Å². The van der Waals surface area contributed by atoms with Gasteiger partial charge in [0, 0.05) is 36.8 Å². The van der Waals surface area contributed by atoms with Gasteiger partial charge in [-0.15, -0.1) is 0 Å². The third kappa shape index (κ3) is 4.07. The molecule has 2 N–H and O–H groups in total. The second-order valence-electron chi connectivity index (χ2n) is 6.95. The van der Waals surface area contributed by atoms with E-state index in [2.05, 4.69) is 10.6 Å². The molecule has 1 aromatic rings. The number of carbonyl (C=O) groups excluding carboxylic acids is 2. The van der Waals surface area contributed by atoms with Crippen molar-refractivity contribution in [1.82, 2.24) is 10.2 Å². The molecule has 0 spiro atoms. The molecule has 126 valence electrons. The van der Waals surface area contributed by atoms with Gasteiger partial charge in [0.15, 0.2) is 0 Å². The van der Waals surface area contributed by atoms with Crippen molar-refractivity contribution in [3.63, 3.8) is 0 Å². The number of hydrogen-bond donors (Lipinski definition) is 2. The van der Waals surface area contributed by atoms with Crippen LogP contribution in [0, 0.1) is 11.2 Å². The Morgan fingerprint density at radius 2 is 2.04 bits per heavy atom. The third-order valence-electron chi connectivity index (χ3n) is 3.90. The first kappa shape index (κ1) is 17.4. The van der Waals surface area contributed by atoms with Crippen LogP contribution in [0.25, 0.3) is 0 Å². The second kappa shape index (κ2) is 6.66. The molecule has 2 rings (SSSR count). The molecule has 1 aliphatic rings. The SMILES string of the molecule is C[C@H]1CNCCN1C(=O)c1cc(NC(=O)C(C)(C)C)ccc1F. The van der Waals surface area contributed by atoms with Crippen LogP contribution in [0.1, 0.15) is 38.1 Å². The van der Waals surface area contributed by atoms with Crippen LogP contribution >= 0.6 is 0 Å². The monoisotopic (exact) mass is 321 g/mol. The molecule has 0 saturated carbocycles. The van der Waals surface area contributed by atoms with E-state index >= 15 is 0 Å². The minimum atomic E-state index is -0.575. The highest BCUT2D eigenvalue weighted by Gasteiger charge is 2.27. The highest BCUT2D eigenvalue weighted by atomic mass is 19.1. The number of amides is 2. The van der Waals surface area contributed by atoms with Crippen molar-refractivity contribution >= 4 is 17.5 Å². The Kier molecular flexibility index (Phi) is 5.04. The lowest BCUT2D eigenvalue weighted by Gasteiger charge is -2.34. The molecule has 0 aliphatic carbocycles. The van der Waals surface area contributed by atoms with Crippen molar-refractivity contribution in [2.24, 2.45) is 5.41 Å². The molecule has 1 aromatic carbocycles. The van der Waals surface area contributed by atoms with E-state index in [4.69, 9.17) is 0 Å². The summed E-state index contributed by atoms with van der Waals surface area (Å²) in [6.45, 7) is 9.22. The maximum atomic E-state index is 14.1. The number of nitrogens with zero attached hydrogens (tertiary/aromatic N) is 1. The quantitative estimate of drug-likeness (QED) is 0.878. The molecule has 0 bridgehead atoms. The lowest BCUT2D eigenvalue weighted by Crippen LogP contribution is -2.52. The number of anilines is 1. The molecular formula is C17H24FN3O2. The van der Waals surface area contributed by atoms with Crippen molar-refractivity contribution in [2.45, 2.75) is 33.7 Å². The van der Waals surface area contributed by atoms with Gasteiger partial charge in [-0.2, -0.15) is 0 Å². The molecule has 1 saturated heterocycles. The number of piperazine rings is 1. The molecular weight excluding hydrogens is 297 g/mol. The Morgan fingerprint density at radius 3 is 2.65 bits per heavy atom. The number of benzene rings is 1. The van der Waals surface area contributed by atoms with Gasteiger partial charge in [-0.05, 0) is 25.1 Å². The topological polar surface area (TPSA) is 61.4 Å². The van der Waals surface area contributed by atoms with E-state index in [1.165, 1.54) is 18.2 Å². The average molecular weight is 321 g/mol. The maximum absolute atomic E-state index is 14.1. The third-order valence-corrected chi connectivity index (χ3v) is 3.90. The Balaban J connectivity index is 2.23. The summed E-state index contributed by atoms with van der Waals surface area (Å²) in [7, 11) is 0. The molecule has 0 radical (unpaired) electrons. The first-order valence-corrected chi connectivity index (χ1v) is 7.83. The molecule has 0 unspecified atom stereocenters. The zero-order valence-electron chi connectivity index (χ0n) is 14.1. The summed E-state index contributed by atoms with van der Waals surface area (Å²) in [6, 6.07) is 4.11. The number of halogens is 1. The highest BCUT2D eigenvalue weighted by Crippen LogP contribution is 2.21. The van der Waals surface area contributed by atoms with Crippen LogP contribution in [0.3, 0.4) is 0 Å². The number of hydrogen-bond acceptors (Lipinski definition) is 3. The average Bonchev–Trinajstić information content (AvgIpc) is 2.48. The Labute approximate surface area is 136 Å². The van der Waals surface area contributed by atoms with E-state index in [1.807, 2.05) is 6.92 Å². The molecule has 23 heavy (non-hydrogen) atoms. The first-order valence-electron chi connectivity index (χ1n) is 7.83. The summed E-state index contributed by atoms with van der Waals surface area (Å²) in [4.78, 5) is 26.3. The minimum absolute atomic E-state index is 0.00322. The first-order chi connectivity index (χ1) is 10.7. The number of rotatable bonds is 2. The van der Waals surface area contributed by atoms with Gasteiger partial charge in [-0.25, -0.2) is 4.39 Å². The largest absolute Gasteiger partial charge is 0.333 e. The van der Waals surface area contributed by atoms with E-state index < -0.39 is 11.2 Å². The summed E-state index contributed by atoms with van der Waals surface area (Å²) in [5, 5.41) is 5.92. The summed E-state index contributed by atoms with van der Waals surface area (Å²) in [5.74, 6) is -1.10. The lowest BCUT2D eigenvalue weighted by molar-refractivity contribution is -0.123. The van der Waals surface area contributed by atoms with Crippen molar-refractivity contribution in [1.29, 1.82) is 0 Å². The van der Waals surface area contributed by atoms with E-state index in [0.717, 1.165) is 0 Å². The molecule has 1 heterocycles. The molecule has 0 aromatic heterocycles. The predicted octanol–water partition coefficient (Wildman–Crippen LogP) is 2.24. The van der Waals surface area contributed by atoms with Crippen LogP contribution < -0.4 is 10.6 Å². The van der Waals surface area contributed by atoms with Gasteiger partial charge in [0.25, 0.3) is 5.91 Å². The van der Waals surface area contributed by atoms with Crippen molar-refractivity contribution in [3.05, 3.63) is 29.6 Å². The molecule has 1 fully saturated rings. The molecule has 1 aliphatic heterocycles. The summed E-state index contributed by atoms with van der Waals surface area (Å²) < 4.78 is 14.1. The highest BCUT2D eigenvalue weighted by molar-refractivity contribution is 5.98. The van der Waals surface area contributed by atoms with Gasteiger partial charge in [-0.3, -0.25) is 9.59 Å². The van der Waals surface area contributed by atoms with Crippen LogP contribution in [0.15, 0.2) is 18.2 Å². The van der Waals surface area contributed by atoms with E-state index in [0.29, 0.717) is 25.3 Å². The maximum Gasteiger partial charge on any atom is 0.257 e. The fourth-order valence-corrected chi connectivity index (χ4v) is 2.38. The van der Waals surface area contributed by atoms with Crippen molar-refractivity contribution < 1.29 is 14.0 Å². The Morgan fingerprint density at radius 1 is 1.35 bits per heavy atom. The molecule has 6 heteroatoms. The van der Waals surface area contributed by atoms with Crippen LogP contribution in [0.2, 0.25) is 0 Å². The minimum Gasteiger partial charge on any atom is -0.333 e. The van der Waals surface area contributed by atoms with Gasteiger partial charge >= 0.3 is 0 Å². The van der Waals surface area contributed by atoms with Crippen molar-refractivity contribution in [2.75, 3.05) is 25.0 Å². The Bertz CT molecular complexity index is 610. The number of nitrogens with one attached hydrogen (secondary N) is 2. The Hall–Kier alpha value is -1.95. The molecule has 5 nitrogen and oxygen atoms in total. The smallest absolute Gasteiger partial charge is 0.257 e. The van der Waals surface area contributed by atoms with Gasteiger partial charge in [0.2, 0.25) is 5.91 Å². The van der Waals surface area contributed by atoms with Crippen LogP contribution in [0.5, 0.6) is 0 Å². The van der Waals surface area contributed by atoms with E-state index in [9.17, 15) is 14.0 Å². The van der Waals surface area contributed by atoms with Crippen LogP contribution in [-0.2, 0) is 4.79 Å². The van der Waals surface area contributed by atoms with Crippen LogP contribution in [-0.4, -0.2) is 42.4 Å². The predicted molar refractivity (Wildman–Crippen MR) is 87.9 cm³/mol. The van der Waals surface area contributed by atoms with Gasteiger partial charge in [-0.1, -0.05) is 20.8 Å². The zero-order chi connectivity index (χ0) is 17.2. The summed E-state index contributed by atoms with van der Waals surface area (Å²) in [6.07, 6.45) is 0. The number of carbonyl (C=O) groups is 2. The van der Waals surface area contributed by atoms with E-state index in [-0.39, 0.29) is 23.4 Å². The lowest BCUT2D eigenvalue weighted by atomic mass is 9.95. The normalized spacial score (nSPS) is 18.7. The van der Waals surface area contributed by atoms with Crippen molar-refractivity contribution in [3.8, 4) is 0 Å².